The summed E-state index contributed by atoms with van der Waals surface area (Å²) in [7, 11) is -3.45. The molecule has 1 rings (SSSR count). The van der Waals surface area contributed by atoms with Gasteiger partial charge in [0.2, 0.25) is 10.0 Å². The van der Waals surface area contributed by atoms with Gasteiger partial charge in [0.15, 0.2) is 5.75 Å². The summed E-state index contributed by atoms with van der Waals surface area (Å²) in [6.07, 6.45) is 4.46. The van der Waals surface area contributed by atoms with Crippen LogP contribution in [0.25, 0.3) is 0 Å². The Balaban J connectivity index is 2.10. The molecule has 0 spiro atoms. The van der Waals surface area contributed by atoms with Gasteiger partial charge in [-0.2, -0.15) is 5.10 Å². The number of aryl methyl sites for hydroxylation is 1. The number of aromatic nitrogens is 2. The Bertz CT molecular complexity index is 444. The van der Waals surface area contributed by atoms with Gasteiger partial charge in [0.05, 0.1) is 31.4 Å². The number of sulfonamides is 1. The third-order valence-electron chi connectivity index (χ3n) is 2.07. The Morgan fingerprint density at radius 3 is 2.83 bits per heavy atom. The highest BCUT2D eigenvalue weighted by Gasteiger charge is 2.02. The number of ether oxygens (including phenoxy) is 2. The number of nitrogens with two attached hydrogens (primary N) is 1. The minimum Gasteiger partial charge on any atom is -0.488 e. The van der Waals surface area contributed by atoms with Crippen molar-refractivity contribution in [2.24, 2.45) is 5.14 Å². The van der Waals surface area contributed by atoms with E-state index in [-0.39, 0.29) is 12.4 Å². The van der Waals surface area contributed by atoms with E-state index in [1.165, 1.54) is 0 Å². The summed E-state index contributed by atoms with van der Waals surface area (Å²) in [5.41, 5.74) is 0. The summed E-state index contributed by atoms with van der Waals surface area (Å²) in [5, 5.41) is 8.93. The lowest BCUT2D eigenvalue weighted by atomic mass is 10.5. The summed E-state index contributed by atoms with van der Waals surface area (Å²) in [5.74, 6) is 0.500. The Morgan fingerprint density at radius 2 is 2.17 bits per heavy atom. The number of nitrogens with zero attached hydrogens (tertiary/aromatic N) is 2. The van der Waals surface area contributed by atoms with Crippen LogP contribution in [0, 0.1) is 0 Å². The molecule has 1 heterocycles. The Labute approximate surface area is 107 Å². The zero-order valence-corrected chi connectivity index (χ0v) is 11.2. The van der Waals surface area contributed by atoms with Crippen LogP contribution in [0.4, 0.5) is 0 Å². The fraction of sp³-hybridized carbons (Fsp3) is 0.700. The average Bonchev–Trinajstić information content (AvgIpc) is 2.70. The summed E-state index contributed by atoms with van der Waals surface area (Å²) in [6.45, 7) is 3.67. The fourth-order valence-corrected chi connectivity index (χ4v) is 1.62. The summed E-state index contributed by atoms with van der Waals surface area (Å²) >= 11 is 0. The molecule has 0 saturated heterocycles. The molecule has 1 aromatic heterocycles. The Kier molecular flexibility index (Phi) is 6.10. The standard InChI is InChI=1S/C10H19N3O4S/c1-2-3-13-9-10(8-12-13)17-5-4-16-6-7-18(11,14)15/h8-9H,2-7H2,1H3,(H2,11,14,15). The molecule has 7 nitrogen and oxygen atoms in total. The van der Waals surface area contributed by atoms with Crippen molar-refractivity contribution in [2.75, 3.05) is 25.6 Å². The van der Waals surface area contributed by atoms with Crippen LogP contribution in [-0.2, 0) is 21.3 Å². The lowest BCUT2D eigenvalue weighted by Crippen LogP contribution is -2.21. The lowest BCUT2D eigenvalue weighted by molar-refractivity contribution is 0.111. The molecule has 0 fully saturated rings. The monoisotopic (exact) mass is 277 g/mol. The fourth-order valence-electron chi connectivity index (χ4n) is 1.27. The normalized spacial score (nSPS) is 11.7. The molecule has 0 radical (unpaired) electrons. The van der Waals surface area contributed by atoms with Gasteiger partial charge in [-0.05, 0) is 6.42 Å². The average molecular weight is 277 g/mol. The zero-order chi connectivity index (χ0) is 13.4. The van der Waals surface area contributed by atoms with Crippen LogP contribution >= 0.6 is 0 Å². The molecule has 0 amide bonds. The largest absolute Gasteiger partial charge is 0.488 e. The van der Waals surface area contributed by atoms with Gasteiger partial charge < -0.3 is 9.47 Å². The van der Waals surface area contributed by atoms with E-state index < -0.39 is 10.0 Å². The summed E-state index contributed by atoms with van der Waals surface area (Å²) < 4.78 is 33.5. The van der Waals surface area contributed by atoms with E-state index in [0.717, 1.165) is 13.0 Å². The minimum atomic E-state index is -3.45. The molecule has 0 aliphatic rings. The first-order chi connectivity index (χ1) is 8.51. The SMILES string of the molecule is CCCn1cc(OCCOCCS(N)(=O)=O)cn1. The summed E-state index contributed by atoms with van der Waals surface area (Å²) in [6, 6.07) is 0. The third kappa shape index (κ3) is 6.58. The second-order valence-corrected chi connectivity index (χ2v) is 5.50. The second-order valence-electron chi connectivity index (χ2n) is 3.77. The highest BCUT2D eigenvalue weighted by Crippen LogP contribution is 2.08. The van der Waals surface area contributed by atoms with Gasteiger partial charge in [-0.1, -0.05) is 6.92 Å². The van der Waals surface area contributed by atoms with Gasteiger partial charge in [-0.3, -0.25) is 4.68 Å². The lowest BCUT2D eigenvalue weighted by Gasteiger charge is -2.04. The maximum absolute atomic E-state index is 10.6. The van der Waals surface area contributed by atoms with Crippen LogP contribution in [-0.4, -0.2) is 43.8 Å². The van der Waals surface area contributed by atoms with E-state index in [1.54, 1.807) is 10.9 Å². The van der Waals surface area contributed by atoms with Gasteiger partial charge in [-0.15, -0.1) is 0 Å². The first-order valence-electron chi connectivity index (χ1n) is 5.74. The highest BCUT2D eigenvalue weighted by molar-refractivity contribution is 7.89. The van der Waals surface area contributed by atoms with Crippen LogP contribution in [0.5, 0.6) is 5.75 Å². The molecular weight excluding hydrogens is 258 g/mol. The molecule has 1 aromatic rings. The molecule has 8 heteroatoms. The van der Waals surface area contributed by atoms with Gasteiger partial charge in [0.1, 0.15) is 6.61 Å². The quantitative estimate of drug-likeness (QED) is 0.640. The van der Waals surface area contributed by atoms with Gasteiger partial charge >= 0.3 is 0 Å². The molecule has 18 heavy (non-hydrogen) atoms. The maximum atomic E-state index is 10.6. The van der Waals surface area contributed by atoms with E-state index in [4.69, 9.17) is 14.6 Å². The Hall–Kier alpha value is -1.12. The molecule has 0 bridgehead atoms. The van der Waals surface area contributed by atoms with E-state index in [2.05, 4.69) is 12.0 Å². The van der Waals surface area contributed by atoms with Crippen molar-refractivity contribution in [3.8, 4) is 5.75 Å². The summed E-state index contributed by atoms with van der Waals surface area (Å²) in [4.78, 5) is 0. The second kappa shape index (κ2) is 7.34. The molecule has 0 aliphatic heterocycles. The molecule has 0 unspecified atom stereocenters. The van der Waals surface area contributed by atoms with E-state index in [0.29, 0.717) is 19.0 Å². The van der Waals surface area contributed by atoms with Crippen LogP contribution < -0.4 is 9.88 Å². The smallest absolute Gasteiger partial charge is 0.211 e. The highest BCUT2D eigenvalue weighted by atomic mass is 32.2. The van der Waals surface area contributed by atoms with E-state index in [1.807, 2.05) is 6.20 Å². The van der Waals surface area contributed by atoms with Crippen molar-refractivity contribution < 1.29 is 17.9 Å². The van der Waals surface area contributed by atoms with Crippen molar-refractivity contribution >= 4 is 10.0 Å². The van der Waals surface area contributed by atoms with Gasteiger partial charge in [0.25, 0.3) is 0 Å². The predicted molar refractivity (Wildman–Crippen MR) is 66.8 cm³/mol. The number of rotatable bonds is 9. The third-order valence-corrected chi connectivity index (χ3v) is 2.81. The first-order valence-corrected chi connectivity index (χ1v) is 7.46. The zero-order valence-electron chi connectivity index (χ0n) is 10.4. The van der Waals surface area contributed by atoms with Crippen LogP contribution in [0.1, 0.15) is 13.3 Å². The van der Waals surface area contributed by atoms with E-state index in [9.17, 15) is 8.42 Å². The number of hydrogen-bond donors (Lipinski definition) is 1. The van der Waals surface area contributed by atoms with Crippen molar-refractivity contribution in [2.45, 2.75) is 19.9 Å². The maximum Gasteiger partial charge on any atom is 0.211 e. The van der Waals surface area contributed by atoms with Crippen molar-refractivity contribution in [1.29, 1.82) is 0 Å². The van der Waals surface area contributed by atoms with Gasteiger partial charge in [-0.25, -0.2) is 13.6 Å². The molecule has 0 aliphatic carbocycles. The topological polar surface area (TPSA) is 96.4 Å². The van der Waals surface area contributed by atoms with Crippen LogP contribution in [0.15, 0.2) is 12.4 Å². The molecule has 0 atom stereocenters. The molecule has 104 valence electrons. The van der Waals surface area contributed by atoms with Crippen LogP contribution in [0.2, 0.25) is 0 Å². The number of hydrogen-bond acceptors (Lipinski definition) is 5. The molecular formula is C10H19N3O4S. The first kappa shape index (κ1) is 14.9. The van der Waals surface area contributed by atoms with Crippen LogP contribution in [0.3, 0.4) is 0 Å². The molecule has 0 aromatic carbocycles. The van der Waals surface area contributed by atoms with E-state index >= 15 is 0 Å². The predicted octanol–water partition coefficient (Wildman–Crippen LogP) is -0.0230. The van der Waals surface area contributed by atoms with Gasteiger partial charge in [0, 0.05) is 6.54 Å². The molecule has 2 N–H and O–H groups in total. The molecule has 0 saturated carbocycles. The minimum absolute atomic E-state index is 0.0806. The van der Waals surface area contributed by atoms with Crippen molar-refractivity contribution in [1.82, 2.24) is 9.78 Å². The van der Waals surface area contributed by atoms with Crippen molar-refractivity contribution in [3.05, 3.63) is 12.4 Å². The number of primary sulfonamides is 1. The van der Waals surface area contributed by atoms with Crippen molar-refractivity contribution in [3.63, 3.8) is 0 Å². The Morgan fingerprint density at radius 1 is 1.39 bits per heavy atom.